The Morgan fingerprint density at radius 2 is 2.47 bits per heavy atom. The molecule has 3 nitrogen and oxygen atoms in total. The second-order valence-electron chi connectivity index (χ2n) is 4.15. The second kappa shape index (κ2) is 5.21. The van der Waals surface area contributed by atoms with E-state index >= 15 is 0 Å². The predicted octanol–water partition coefficient (Wildman–Crippen LogP) is 1.72. The molecule has 1 aromatic rings. The summed E-state index contributed by atoms with van der Waals surface area (Å²) in [4.78, 5) is 8.72. The first-order chi connectivity index (χ1) is 7.38. The summed E-state index contributed by atoms with van der Waals surface area (Å²) < 4.78 is 0. The maximum Gasteiger partial charge on any atom is 0.128 e. The van der Waals surface area contributed by atoms with Crippen molar-refractivity contribution in [3.05, 3.63) is 23.8 Å². The molecule has 0 bridgehead atoms. The lowest BCUT2D eigenvalue weighted by Crippen LogP contribution is -2.21. The number of aryl methyl sites for hydroxylation is 2. The van der Waals surface area contributed by atoms with Crippen LogP contribution in [-0.4, -0.2) is 22.6 Å². The molecule has 1 aliphatic rings. The highest BCUT2D eigenvalue weighted by molar-refractivity contribution is 5.03. The molecule has 0 radical (unpaired) electrons. The van der Waals surface area contributed by atoms with Crippen LogP contribution in [0.4, 0.5) is 0 Å². The first-order valence-corrected chi connectivity index (χ1v) is 5.92. The largest absolute Gasteiger partial charge is 0.314 e. The molecule has 0 amide bonds. The molecule has 1 aromatic heterocycles. The van der Waals surface area contributed by atoms with Gasteiger partial charge in [0.25, 0.3) is 0 Å². The average Bonchev–Trinajstić information content (AvgIpc) is 2.79. The van der Waals surface area contributed by atoms with E-state index in [0.29, 0.717) is 6.04 Å². The molecule has 2 heterocycles. The van der Waals surface area contributed by atoms with E-state index in [4.69, 9.17) is 0 Å². The standard InChI is InChI=1S/C12H19N3/c1-2-12-14-9-7-11(15-12)6-5-10-4-3-8-13-10/h7,9-10,13H,2-6,8H2,1H3. The molecular formula is C12H19N3. The van der Waals surface area contributed by atoms with Gasteiger partial charge >= 0.3 is 0 Å². The Morgan fingerprint density at radius 1 is 1.53 bits per heavy atom. The van der Waals surface area contributed by atoms with Gasteiger partial charge in [0.2, 0.25) is 0 Å². The van der Waals surface area contributed by atoms with Crippen LogP contribution in [0.5, 0.6) is 0 Å². The van der Waals surface area contributed by atoms with Crippen LogP contribution in [0.25, 0.3) is 0 Å². The van der Waals surface area contributed by atoms with E-state index in [9.17, 15) is 0 Å². The van der Waals surface area contributed by atoms with Gasteiger partial charge in [-0.15, -0.1) is 0 Å². The van der Waals surface area contributed by atoms with Crippen molar-refractivity contribution in [3.63, 3.8) is 0 Å². The molecule has 0 aromatic carbocycles. The Balaban J connectivity index is 1.86. The Hall–Kier alpha value is -0.960. The third-order valence-electron chi connectivity index (χ3n) is 2.99. The summed E-state index contributed by atoms with van der Waals surface area (Å²) >= 11 is 0. The van der Waals surface area contributed by atoms with Crippen LogP contribution in [0.2, 0.25) is 0 Å². The summed E-state index contributed by atoms with van der Waals surface area (Å²) in [6.07, 6.45) is 7.74. The van der Waals surface area contributed by atoms with E-state index in [1.165, 1.54) is 31.5 Å². The zero-order valence-corrected chi connectivity index (χ0v) is 9.37. The molecule has 1 unspecified atom stereocenters. The van der Waals surface area contributed by atoms with Crippen LogP contribution >= 0.6 is 0 Å². The smallest absolute Gasteiger partial charge is 0.128 e. The Labute approximate surface area is 91.3 Å². The molecule has 1 aliphatic heterocycles. The zero-order valence-electron chi connectivity index (χ0n) is 9.37. The highest BCUT2D eigenvalue weighted by Gasteiger charge is 2.13. The first-order valence-electron chi connectivity index (χ1n) is 5.92. The van der Waals surface area contributed by atoms with Gasteiger partial charge in [-0.25, -0.2) is 9.97 Å². The average molecular weight is 205 g/mol. The summed E-state index contributed by atoms with van der Waals surface area (Å²) in [5.74, 6) is 0.965. The van der Waals surface area contributed by atoms with Gasteiger partial charge in [0, 0.05) is 24.4 Å². The fourth-order valence-corrected chi connectivity index (χ4v) is 2.08. The number of aromatic nitrogens is 2. The summed E-state index contributed by atoms with van der Waals surface area (Å²) in [5, 5.41) is 3.51. The van der Waals surface area contributed by atoms with Crippen LogP contribution in [0.1, 0.15) is 37.7 Å². The van der Waals surface area contributed by atoms with Crippen LogP contribution in [-0.2, 0) is 12.8 Å². The Bertz CT molecular complexity index is 305. The molecule has 82 valence electrons. The molecule has 2 rings (SSSR count). The van der Waals surface area contributed by atoms with Gasteiger partial charge in [0.1, 0.15) is 5.82 Å². The lowest BCUT2D eigenvalue weighted by molar-refractivity contribution is 0.554. The molecule has 1 N–H and O–H groups in total. The van der Waals surface area contributed by atoms with Crippen LogP contribution in [0.3, 0.4) is 0 Å². The van der Waals surface area contributed by atoms with Crippen LogP contribution in [0.15, 0.2) is 12.3 Å². The number of hydrogen-bond acceptors (Lipinski definition) is 3. The second-order valence-corrected chi connectivity index (χ2v) is 4.15. The number of rotatable bonds is 4. The van der Waals surface area contributed by atoms with Gasteiger partial charge in [-0.1, -0.05) is 6.92 Å². The minimum atomic E-state index is 0.713. The normalized spacial score (nSPS) is 20.7. The van der Waals surface area contributed by atoms with Crippen LogP contribution in [0, 0.1) is 0 Å². The van der Waals surface area contributed by atoms with Gasteiger partial charge in [-0.2, -0.15) is 0 Å². The van der Waals surface area contributed by atoms with Gasteiger partial charge in [0.15, 0.2) is 0 Å². The Kier molecular flexibility index (Phi) is 3.67. The number of hydrogen-bond donors (Lipinski definition) is 1. The minimum absolute atomic E-state index is 0.713. The fraction of sp³-hybridized carbons (Fsp3) is 0.667. The maximum atomic E-state index is 4.51. The molecule has 15 heavy (non-hydrogen) atoms. The summed E-state index contributed by atoms with van der Waals surface area (Å²) in [6.45, 7) is 3.28. The van der Waals surface area contributed by atoms with E-state index in [1.54, 1.807) is 0 Å². The summed E-state index contributed by atoms with van der Waals surface area (Å²) in [5.41, 5.74) is 1.19. The topological polar surface area (TPSA) is 37.8 Å². The third kappa shape index (κ3) is 2.99. The summed E-state index contributed by atoms with van der Waals surface area (Å²) in [7, 11) is 0. The van der Waals surface area contributed by atoms with Crippen LogP contribution < -0.4 is 5.32 Å². The molecule has 0 aliphatic carbocycles. The van der Waals surface area contributed by atoms with Crippen molar-refractivity contribution < 1.29 is 0 Å². The monoisotopic (exact) mass is 205 g/mol. The van der Waals surface area contributed by atoms with Crippen molar-refractivity contribution in [1.29, 1.82) is 0 Å². The number of nitrogens with one attached hydrogen (secondary N) is 1. The lowest BCUT2D eigenvalue weighted by atomic mass is 10.1. The van der Waals surface area contributed by atoms with Crippen molar-refractivity contribution in [1.82, 2.24) is 15.3 Å². The predicted molar refractivity (Wildman–Crippen MR) is 60.8 cm³/mol. The lowest BCUT2D eigenvalue weighted by Gasteiger charge is -2.09. The van der Waals surface area contributed by atoms with E-state index in [1.807, 2.05) is 12.3 Å². The fourth-order valence-electron chi connectivity index (χ4n) is 2.08. The van der Waals surface area contributed by atoms with E-state index < -0.39 is 0 Å². The van der Waals surface area contributed by atoms with E-state index in [-0.39, 0.29) is 0 Å². The van der Waals surface area contributed by atoms with Crippen molar-refractivity contribution in [2.45, 2.75) is 45.1 Å². The minimum Gasteiger partial charge on any atom is -0.314 e. The van der Waals surface area contributed by atoms with Crippen molar-refractivity contribution in [3.8, 4) is 0 Å². The molecule has 0 saturated carbocycles. The number of nitrogens with zero attached hydrogens (tertiary/aromatic N) is 2. The quantitative estimate of drug-likeness (QED) is 0.813. The van der Waals surface area contributed by atoms with Gasteiger partial charge in [-0.3, -0.25) is 0 Å². The Morgan fingerprint density at radius 3 is 3.20 bits per heavy atom. The molecule has 0 spiro atoms. The highest BCUT2D eigenvalue weighted by atomic mass is 14.9. The highest BCUT2D eigenvalue weighted by Crippen LogP contribution is 2.11. The molecule has 1 saturated heterocycles. The maximum absolute atomic E-state index is 4.51. The molecule has 1 atom stereocenters. The van der Waals surface area contributed by atoms with E-state index in [0.717, 1.165) is 18.7 Å². The van der Waals surface area contributed by atoms with Crippen molar-refractivity contribution in [2.24, 2.45) is 0 Å². The van der Waals surface area contributed by atoms with Crippen molar-refractivity contribution in [2.75, 3.05) is 6.54 Å². The first kappa shape index (κ1) is 10.6. The third-order valence-corrected chi connectivity index (χ3v) is 2.99. The van der Waals surface area contributed by atoms with E-state index in [2.05, 4.69) is 22.2 Å². The van der Waals surface area contributed by atoms with Gasteiger partial charge in [-0.05, 0) is 38.3 Å². The summed E-state index contributed by atoms with van der Waals surface area (Å²) in [6, 6.07) is 2.75. The molecular weight excluding hydrogens is 186 g/mol. The van der Waals surface area contributed by atoms with Gasteiger partial charge in [0.05, 0.1) is 0 Å². The molecule has 1 fully saturated rings. The van der Waals surface area contributed by atoms with Crippen molar-refractivity contribution >= 4 is 0 Å². The molecule has 3 heteroatoms. The SMILES string of the molecule is CCc1nccc(CCC2CCCN2)n1. The zero-order chi connectivity index (χ0) is 10.5. The van der Waals surface area contributed by atoms with Gasteiger partial charge < -0.3 is 5.32 Å².